The molecule has 0 unspecified atom stereocenters. The summed E-state index contributed by atoms with van der Waals surface area (Å²) in [7, 11) is 3.82. The van der Waals surface area contributed by atoms with Gasteiger partial charge in [-0.2, -0.15) is 0 Å². The van der Waals surface area contributed by atoms with Crippen molar-refractivity contribution in [2.24, 2.45) is 0 Å². The minimum atomic E-state index is -0.00319. The SMILES string of the molecule is CN(C)c1cc2[nH]ccc(=O)c2cn1. The highest BCUT2D eigenvalue weighted by Crippen LogP contribution is 2.12. The molecule has 2 rings (SSSR count). The lowest BCUT2D eigenvalue weighted by molar-refractivity contribution is 1.07. The predicted molar refractivity (Wildman–Crippen MR) is 56.7 cm³/mol. The van der Waals surface area contributed by atoms with Gasteiger partial charge in [-0.3, -0.25) is 4.79 Å². The smallest absolute Gasteiger partial charge is 0.190 e. The van der Waals surface area contributed by atoms with E-state index < -0.39 is 0 Å². The third-order valence-corrected chi connectivity index (χ3v) is 2.09. The fourth-order valence-electron chi connectivity index (χ4n) is 1.30. The minimum Gasteiger partial charge on any atom is -0.363 e. The summed E-state index contributed by atoms with van der Waals surface area (Å²) in [5.41, 5.74) is 0.813. The third kappa shape index (κ3) is 1.35. The number of aromatic nitrogens is 2. The lowest BCUT2D eigenvalue weighted by atomic mass is 10.2. The van der Waals surface area contributed by atoms with Crippen molar-refractivity contribution in [1.82, 2.24) is 9.97 Å². The van der Waals surface area contributed by atoms with Crippen LogP contribution in [0, 0.1) is 0 Å². The third-order valence-electron chi connectivity index (χ3n) is 2.09. The van der Waals surface area contributed by atoms with Crippen molar-refractivity contribution in [3.63, 3.8) is 0 Å². The Kier molecular flexibility index (Phi) is 1.96. The molecule has 0 bridgehead atoms. The van der Waals surface area contributed by atoms with E-state index in [4.69, 9.17) is 0 Å². The molecule has 0 aliphatic heterocycles. The number of fused-ring (bicyclic) bond motifs is 1. The lowest BCUT2D eigenvalue weighted by Crippen LogP contribution is -2.11. The van der Waals surface area contributed by atoms with Crippen LogP contribution < -0.4 is 10.3 Å². The summed E-state index contributed by atoms with van der Waals surface area (Å²) in [5.74, 6) is 0.833. The summed E-state index contributed by atoms with van der Waals surface area (Å²) in [6, 6.07) is 3.36. The van der Waals surface area contributed by atoms with Gasteiger partial charge in [0.2, 0.25) is 0 Å². The number of nitrogens with zero attached hydrogens (tertiary/aromatic N) is 2. The summed E-state index contributed by atoms with van der Waals surface area (Å²) in [5, 5.41) is 0.623. The van der Waals surface area contributed by atoms with Gasteiger partial charge in [0.15, 0.2) is 5.43 Å². The normalized spacial score (nSPS) is 10.4. The molecule has 0 radical (unpaired) electrons. The lowest BCUT2D eigenvalue weighted by Gasteiger charge is -2.10. The van der Waals surface area contributed by atoms with Gasteiger partial charge in [-0.05, 0) is 0 Å². The van der Waals surface area contributed by atoms with E-state index in [1.165, 1.54) is 6.07 Å². The second-order valence-electron chi connectivity index (χ2n) is 3.32. The number of pyridine rings is 2. The zero-order chi connectivity index (χ0) is 10.1. The highest BCUT2D eigenvalue weighted by atomic mass is 16.1. The summed E-state index contributed by atoms with van der Waals surface area (Å²) in [4.78, 5) is 20.5. The van der Waals surface area contributed by atoms with Crippen molar-refractivity contribution in [2.45, 2.75) is 0 Å². The number of H-pyrrole nitrogens is 1. The molecule has 4 heteroatoms. The number of aromatic amines is 1. The van der Waals surface area contributed by atoms with Crippen LogP contribution in [-0.2, 0) is 0 Å². The Balaban J connectivity index is 2.74. The van der Waals surface area contributed by atoms with E-state index in [9.17, 15) is 4.79 Å². The molecule has 0 saturated heterocycles. The van der Waals surface area contributed by atoms with Crippen LogP contribution >= 0.6 is 0 Å². The van der Waals surface area contributed by atoms with Gasteiger partial charge in [0, 0.05) is 38.6 Å². The van der Waals surface area contributed by atoms with E-state index >= 15 is 0 Å². The molecule has 2 aromatic heterocycles. The maximum absolute atomic E-state index is 11.4. The van der Waals surface area contributed by atoms with Gasteiger partial charge >= 0.3 is 0 Å². The maximum Gasteiger partial charge on any atom is 0.190 e. The Labute approximate surface area is 81.2 Å². The van der Waals surface area contributed by atoms with Crippen molar-refractivity contribution in [3.05, 3.63) is 34.7 Å². The van der Waals surface area contributed by atoms with E-state index in [2.05, 4.69) is 9.97 Å². The van der Waals surface area contributed by atoms with E-state index in [-0.39, 0.29) is 5.43 Å². The van der Waals surface area contributed by atoms with E-state index in [0.29, 0.717) is 5.39 Å². The van der Waals surface area contributed by atoms with E-state index in [1.54, 1.807) is 12.4 Å². The summed E-state index contributed by atoms with van der Waals surface area (Å²) in [6.45, 7) is 0. The molecule has 0 saturated carbocycles. The molecule has 72 valence electrons. The molecule has 0 amide bonds. The largest absolute Gasteiger partial charge is 0.363 e. The van der Waals surface area contributed by atoms with Gasteiger partial charge < -0.3 is 9.88 Å². The van der Waals surface area contributed by atoms with Gasteiger partial charge in [0.25, 0.3) is 0 Å². The summed E-state index contributed by atoms with van der Waals surface area (Å²) in [6.07, 6.45) is 3.24. The zero-order valence-corrected chi connectivity index (χ0v) is 8.11. The van der Waals surface area contributed by atoms with Crippen LogP contribution in [0.1, 0.15) is 0 Å². The molecule has 14 heavy (non-hydrogen) atoms. The Morgan fingerprint density at radius 3 is 2.93 bits per heavy atom. The number of hydrogen-bond acceptors (Lipinski definition) is 3. The van der Waals surface area contributed by atoms with Gasteiger partial charge in [0.05, 0.1) is 10.9 Å². The van der Waals surface area contributed by atoms with Gasteiger partial charge in [-0.15, -0.1) is 0 Å². The molecule has 2 heterocycles. The van der Waals surface area contributed by atoms with Crippen LogP contribution in [0.4, 0.5) is 5.82 Å². The maximum atomic E-state index is 11.4. The van der Waals surface area contributed by atoms with Crippen molar-refractivity contribution in [2.75, 3.05) is 19.0 Å². The first kappa shape index (κ1) is 8.74. The Morgan fingerprint density at radius 2 is 2.21 bits per heavy atom. The number of anilines is 1. The summed E-state index contributed by atoms with van der Waals surface area (Å²) >= 11 is 0. The van der Waals surface area contributed by atoms with Crippen LogP contribution in [0.5, 0.6) is 0 Å². The molecule has 4 nitrogen and oxygen atoms in total. The van der Waals surface area contributed by atoms with Crippen LogP contribution in [0.25, 0.3) is 10.9 Å². The fourth-order valence-corrected chi connectivity index (χ4v) is 1.30. The quantitative estimate of drug-likeness (QED) is 0.727. The van der Waals surface area contributed by atoms with Gasteiger partial charge in [0.1, 0.15) is 5.82 Å². The van der Waals surface area contributed by atoms with Crippen molar-refractivity contribution in [1.29, 1.82) is 0 Å². The minimum absolute atomic E-state index is 0.00319. The first-order chi connectivity index (χ1) is 6.68. The highest BCUT2D eigenvalue weighted by Gasteiger charge is 2.01. The van der Waals surface area contributed by atoms with Gasteiger partial charge in [-0.1, -0.05) is 0 Å². The number of hydrogen-bond donors (Lipinski definition) is 1. The molecule has 0 aromatic carbocycles. The molecule has 2 aromatic rings. The van der Waals surface area contributed by atoms with E-state index in [0.717, 1.165) is 11.3 Å². The highest BCUT2D eigenvalue weighted by molar-refractivity contribution is 5.79. The fraction of sp³-hybridized carbons (Fsp3) is 0.200. The second-order valence-corrected chi connectivity index (χ2v) is 3.32. The number of nitrogens with one attached hydrogen (secondary N) is 1. The topological polar surface area (TPSA) is 49.0 Å². The Bertz CT molecular complexity index is 516. The summed E-state index contributed by atoms with van der Waals surface area (Å²) < 4.78 is 0. The molecule has 0 atom stereocenters. The van der Waals surface area contributed by atoms with Crippen LogP contribution in [0.15, 0.2) is 29.3 Å². The van der Waals surface area contributed by atoms with Crippen molar-refractivity contribution >= 4 is 16.7 Å². The van der Waals surface area contributed by atoms with Crippen LogP contribution in [-0.4, -0.2) is 24.1 Å². The van der Waals surface area contributed by atoms with Gasteiger partial charge in [-0.25, -0.2) is 4.98 Å². The molecular weight excluding hydrogens is 178 g/mol. The average Bonchev–Trinajstić information content (AvgIpc) is 2.17. The van der Waals surface area contributed by atoms with Crippen LogP contribution in [0.3, 0.4) is 0 Å². The molecule has 0 fully saturated rings. The predicted octanol–water partition coefficient (Wildman–Crippen LogP) is 0.989. The molecule has 0 aliphatic carbocycles. The van der Waals surface area contributed by atoms with E-state index in [1.807, 2.05) is 25.1 Å². The standard InChI is InChI=1S/C10H11N3O/c1-13(2)10-5-8-7(6-12-10)9(14)3-4-11-8/h3-6H,1-2H3,(H,11,14). The monoisotopic (exact) mass is 189 g/mol. The first-order valence-electron chi connectivity index (χ1n) is 4.33. The number of rotatable bonds is 1. The van der Waals surface area contributed by atoms with Crippen molar-refractivity contribution < 1.29 is 0 Å². The molecule has 1 N–H and O–H groups in total. The average molecular weight is 189 g/mol. The molecule has 0 spiro atoms. The molecule has 0 aliphatic rings. The first-order valence-corrected chi connectivity index (χ1v) is 4.33. The van der Waals surface area contributed by atoms with Crippen molar-refractivity contribution in [3.8, 4) is 0 Å². The molecular formula is C10H11N3O. The Hall–Kier alpha value is -1.84. The Morgan fingerprint density at radius 1 is 1.43 bits per heavy atom. The zero-order valence-electron chi connectivity index (χ0n) is 8.11. The second kappa shape index (κ2) is 3.14. The van der Waals surface area contributed by atoms with Crippen LogP contribution in [0.2, 0.25) is 0 Å².